The third kappa shape index (κ3) is 5.00. The Morgan fingerprint density at radius 3 is 2.58 bits per heavy atom. The molecular formula is C16H18Cl2N4OS. The Morgan fingerprint density at radius 1 is 1.25 bits per heavy atom. The standard InChI is InChI=1S/C16H18Cl2N4OS/c1-8-6-14(19)22-16(20-8)24-10(3)15(23)21-9(2)12-5-4-11(17)7-13(12)18/h4-7,9-10H,1-3H3,(H,21,23)(H2,19,20,22). The van der Waals surface area contributed by atoms with Crippen LogP contribution >= 0.6 is 35.0 Å². The van der Waals surface area contributed by atoms with Crippen LogP contribution in [0.15, 0.2) is 29.4 Å². The summed E-state index contributed by atoms with van der Waals surface area (Å²) in [6, 6.07) is 6.64. The lowest BCUT2D eigenvalue weighted by Crippen LogP contribution is -2.33. The molecule has 0 aliphatic carbocycles. The quantitative estimate of drug-likeness (QED) is 0.600. The molecule has 1 aromatic heterocycles. The Bertz CT molecular complexity index is 737. The van der Waals surface area contributed by atoms with Gasteiger partial charge in [-0.1, -0.05) is 41.0 Å². The van der Waals surface area contributed by atoms with E-state index in [1.807, 2.05) is 13.8 Å². The second-order valence-electron chi connectivity index (χ2n) is 5.37. The van der Waals surface area contributed by atoms with Crippen molar-refractivity contribution in [1.29, 1.82) is 0 Å². The van der Waals surface area contributed by atoms with Crippen molar-refractivity contribution in [2.75, 3.05) is 5.73 Å². The van der Waals surface area contributed by atoms with Crippen molar-refractivity contribution in [3.05, 3.63) is 45.6 Å². The van der Waals surface area contributed by atoms with E-state index in [0.717, 1.165) is 11.3 Å². The van der Waals surface area contributed by atoms with Crippen LogP contribution in [0.1, 0.15) is 31.1 Å². The lowest BCUT2D eigenvalue weighted by molar-refractivity contribution is -0.120. The molecule has 0 aliphatic heterocycles. The van der Waals surface area contributed by atoms with E-state index in [0.29, 0.717) is 21.0 Å². The molecule has 24 heavy (non-hydrogen) atoms. The number of halogens is 2. The number of aryl methyl sites for hydroxylation is 1. The van der Waals surface area contributed by atoms with Crippen molar-refractivity contribution in [3.8, 4) is 0 Å². The number of aromatic nitrogens is 2. The first-order valence-corrected chi connectivity index (χ1v) is 8.93. The first-order chi connectivity index (χ1) is 11.3. The smallest absolute Gasteiger partial charge is 0.233 e. The summed E-state index contributed by atoms with van der Waals surface area (Å²) in [5, 5.41) is 4.11. The maximum absolute atomic E-state index is 12.4. The van der Waals surface area contributed by atoms with Crippen molar-refractivity contribution in [2.24, 2.45) is 0 Å². The van der Waals surface area contributed by atoms with Gasteiger partial charge in [0, 0.05) is 21.8 Å². The minimum absolute atomic E-state index is 0.137. The maximum Gasteiger partial charge on any atom is 0.233 e. The predicted octanol–water partition coefficient (Wildman–Crippen LogP) is 4.03. The van der Waals surface area contributed by atoms with Gasteiger partial charge in [0.05, 0.1) is 11.3 Å². The molecule has 128 valence electrons. The van der Waals surface area contributed by atoms with E-state index in [-0.39, 0.29) is 17.2 Å². The molecule has 0 bridgehead atoms. The second kappa shape index (κ2) is 8.05. The van der Waals surface area contributed by atoms with Gasteiger partial charge in [0.1, 0.15) is 5.82 Å². The van der Waals surface area contributed by atoms with E-state index in [2.05, 4.69) is 15.3 Å². The van der Waals surface area contributed by atoms with Crippen LogP contribution in [0.2, 0.25) is 10.0 Å². The molecule has 1 heterocycles. The number of hydrogen-bond acceptors (Lipinski definition) is 5. The number of benzene rings is 1. The van der Waals surface area contributed by atoms with Gasteiger partial charge < -0.3 is 11.1 Å². The van der Waals surface area contributed by atoms with Crippen LogP contribution in [-0.2, 0) is 4.79 Å². The molecule has 0 saturated heterocycles. The molecule has 0 saturated carbocycles. The summed E-state index contributed by atoms with van der Waals surface area (Å²) in [5.74, 6) is 0.251. The van der Waals surface area contributed by atoms with E-state index in [1.54, 1.807) is 31.2 Å². The Morgan fingerprint density at radius 2 is 1.96 bits per heavy atom. The molecular weight excluding hydrogens is 367 g/mol. The molecule has 2 aromatic rings. The van der Waals surface area contributed by atoms with E-state index in [4.69, 9.17) is 28.9 Å². The minimum atomic E-state index is -0.375. The van der Waals surface area contributed by atoms with Crippen molar-refractivity contribution in [2.45, 2.75) is 37.2 Å². The lowest BCUT2D eigenvalue weighted by Gasteiger charge is -2.18. The number of nitrogens with one attached hydrogen (secondary N) is 1. The highest BCUT2D eigenvalue weighted by Gasteiger charge is 2.20. The topological polar surface area (TPSA) is 80.9 Å². The molecule has 2 rings (SSSR count). The summed E-state index contributed by atoms with van der Waals surface area (Å²) in [6.07, 6.45) is 0. The summed E-state index contributed by atoms with van der Waals surface area (Å²) < 4.78 is 0. The number of hydrogen-bond donors (Lipinski definition) is 2. The number of amides is 1. The minimum Gasteiger partial charge on any atom is -0.384 e. The average Bonchev–Trinajstić information content (AvgIpc) is 2.45. The molecule has 0 aliphatic rings. The number of rotatable bonds is 5. The van der Waals surface area contributed by atoms with Crippen LogP contribution in [0.5, 0.6) is 0 Å². The Kier molecular flexibility index (Phi) is 6.32. The van der Waals surface area contributed by atoms with Crippen molar-refractivity contribution in [1.82, 2.24) is 15.3 Å². The summed E-state index contributed by atoms with van der Waals surface area (Å²) in [5.41, 5.74) is 7.28. The zero-order valence-corrected chi connectivity index (χ0v) is 15.8. The first kappa shape index (κ1) is 18.8. The Labute approximate surface area is 155 Å². The van der Waals surface area contributed by atoms with Crippen molar-refractivity contribution >= 4 is 46.7 Å². The molecule has 0 radical (unpaired) electrons. The fourth-order valence-electron chi connectivity index (χ4n) is 2.09. The summed E-state index contributed by atoms with van der Waals surface area (Å²) in [4.78, 5) is 20.8. The maximum atomic E-state index is 12.4. The summed E-state index contributed by atoms with van der Waals surface area (Å²) >= 11 is 13.3. The fraction of sp³-hybridized carbons (Fsp3) is 0.312. The van der Waals surface area contributed by atoms with Crippen LogP contribution in [-0.4, -0.2) is 21.1 Å². The lowest BCUT2D eigenvalue weighted by atomic mass is 10.1. The number of carbonyl (C=O) groups excluding carboxylic acids is 1. The van der Waals surface area contributed by atoms with Gasteiger partial charge in [-0.05, 0) is 38.5 Å². The zero-order chi connectivity index (χ0) is 17.9. The fourth-order valence-corrected chi connectivity index (χ4v) is 3.51. The van der Waals surface area contributed by atoms with E-state index >= 15 is 0 Å². The molecule has 3 N–H and O–H groups in total. The van der Waals surface area contributed by atoms with Crippen LogP contribution in [0.4, 0.5) is 5.82 Å². The third-order valence-electron chi connectivity index (χ3n) is 3.29. The third-order valence-corrected chi connectivity index (χ3v) is 4.82. The van der Waals surface area contributed by atoms with Gasteiger partial charge in [0.15, 0.2) is 5.16 Å². The Balaban J connectivity index is 2.02. The molecule has 0 spiro atoms. The van der Waals surface area contributed by atoms with Crippen LogP contribution in [0, 0.1) is 6.92 Å². The van der Waals surface area contributed by atoms with Gasteiger partial charge in [-0.25, -0.2) is 9.97 Å². The van der Waals surface area contributed by atoms with Crippen molar-refractivity contribution in [3.63, 3.8) is 0 Å². The largest absolute Gasteiger partial charge is 0.384 e. The number of nitrogens with zero attached hydrogens (tertiary/aromatic N) is 2. The molecule has 5 nitrogen and oxygen atoms in total. The first-order valence-electron chi connectivity index (χ1n) is 7.29. The highest BCUT2D eigenvalue weighted by atomic mass is 35.5. The van der Waals surface area contributed by atoms with E-state index < -0.39 is 0 Å². The SMILES string of the molecule is Cc1cc(N)nc(SC(C)C(=O)NC(C)c2ccc(Cl)cc2Cl)n1. The molecule has 8 heteroatoms. The molecule has 0 fully saturated rings. The van der Waals surface area contributed by atoms with Gasteiger partial charge in [-0.3, -0.25) is 4.79 Å². The Hall–Kier alpha value is -1.50. The van der Waals surface area contributed by atoms with E-state index in [9.17, 15) is 4.79 Å². The van der Waals surface area contributed by atoms with Crippen molar-refractivity contribution < 1.29 is 4.79 Å². The molecule has 1 amide bonds. The van der Waals surface area contributed by atoms with Crippen LogP contribution in [0.3, 0.4) is 0 Å². The number of nitrogens with two attached hydrogens (primary N) is 1. The van der Waals surface area contributed by atoms with Crippen LogP contribution < -0.4 is 11.1 Å². The molecule has 1 aromatic carbocycles. The number of thioether (sulfide) groups is 1. The molecule has 2 unspecified atom stereocenters. The summed E-state index contributed by atoms with van der Waals surface area (Å²) in [7, 11) is 0. The van der Waals surface area contributed by atoms with Gasteiger partial charge in [0.2, 0.25) is 5.91 Å². The normalized spacial score (nSPS) is 13.4. The highest BCUT2D eigenvalue weighted by molar-refractivity contribution is 8.00. The number of carbonyl (C=O) groups is 1. The van der Waals surface area contributed by atoms with Gasteiger partial charge in [-0.2, -0.15) is 0 Å². The zero-order valence-electron chi connectivity index (χ0n) is 13.5. The highest BCUT2D eigenvalue weighted by Crippen LogP contribution is 2.27. The van der Waals surface area contributed by atoms with Crippen LogP contribution in [0.25, 0.3) is 0 Å². The average molecular weight is 385 g/mol. The predicted molar refractivity (Wildman–Crippen MR) is 99.5 cm³/mol. The summed E-state index contributed by atoms with van der Waals surface area (Å²) in [6.45, 7) is 5.49. The monoisotopic (exact) mass is 384 g/mol. The van der Waals surface area contributed by atoms with Gasteiger partial charge in [-0.15, -0.1) is 0 Å². The van der Waals surface area contributed by atoms with E-state index in [1.165, 1.54) is 11.8 Å². The number of anilines is 1. The second-order valence-corrected chi connectivity index (χ2v) is 7.52. The molecule has 2 atom stereocenters. The number of nitrogen functional groups attached to an aromatic ring is 1. The van der Waals surface area contributed by atoms with Gasteiger partial charge >= 0.3 is 0 Å². The van der Waals surface area contributed by atoms with Gasteiger partial charge in [0.25, 0.3) is 0 Å².